The highest BCUT2D eigenvalue weighted by Crippen LogP contribution is 2.37. The predicted molar refractivity (Wildman–Crippen MR) is 190 cm³/mol. The monoisotopic (exact) mass is 724 g/mol. The molecule has 1 aliphatic rings. The minimum atomic E-state index is -1.19. The van der Waals surface area contributed by atoms with Crippen molar-refractivity contribution in [3.63, 3.8) is 0 Å². The fourth-order valence-electron chi connectivity index (χ4n) is 5.95. The zero-order valence-corrected chi connectivity index (χ0v) is 29.8. The minimum absolute atomic E-state index is 0.117. The van der Waals surface area contributed by atoms with Crippen LogP contribution in [0.5, 0.6) is 17.2 Å². The predicted octanol–water partition coefficient (Wildman–Crippen LogP) is 3.47. The third-order valence-corrected chi connectivity index (χ3v) is 8.73. The summed E-state index contributed by atoms with van der Waals surface area (Å²) < 4.78 is 30.5. The summed E-state index contributed by atoms with van der Waals surface area (Å²) in [5.41, 5.74) is 2.89. The van der Waals surface area contributed by atoms with Crippen molar-refractivity contribution in [2.45, 2.75) is 57.7 Å². The molecule has 0 saturated carbocycles. The number of hydrogen-bond acceptors (Lipinski definition) is 13. The number of urea groups is 1. The second-order valence-corrected chi connectivity index (χ2v) is 12.7. The van der Waals surface area contributed by atoms with E-state index in [0.717, 1.165) is 6.07 Å². The molecule has 0 bridgehead atoms. The number of hydrogen-bond donors (Lipinski definition) is 5. The zero-order chi connectivity index (χ0) is 38.3. The van der Waals surface area contributed by atoms with Crippen LogP contribution >= 0.6 is 0 Å². The number of ether oxygens (including phenoxy) is 3. The molecule has 17 heteroatoms. The van der Waals surface area contributed by atoms with Gasteiger partial charge < -0.3 is 24.4 Å². The molecule has 3 aromatic rings. The highest BCUT2D eigenvalue weighted by molar-refractivity contribution is 6.03. The average molecular weight is 725 g/mol. The van der Waals surface area contributed by atoms with Crippen LogP contribution in [-0.2, 0) is 19.2 Å². The van der Waals surface area contributed by atoms with Gasteiger partial charge in [0.15, 0.2) is 17.3 Å². The number of ketones is 1. The smallest absolute Gasteiger partial charge is 0.357 e. The van der Waals surface area contributed by atoms with Crippen LogP contribution < -0.4 is 52.6 Å². The molecule has 4 rings (SSSR count). The largest absolute Gasteiger partial charge is 0.494 e. The Kier molecular flexibility index (Phi) is 12.6. The van der Waals surface area contributed by atoms with E-state index in [0.29, 0.717) is 39.2 Å². The van der Waals surface area contributed by atoms with Crippen LogP contribution in [-0.4, -0.2) is 61.6 Å². The van der Waals surface area contributed by atoms with Crippen LogP contribution in [0.15, 0.2) is 60.7 Å². The average Bonchev–Trinajstić information content (AvgIpc) is 3.13. The molecule has 1 saturated heterocycles. The molecule has 0 spiro atoms. The first-order chi connectivity index (χ1) is 24.6. The number of amides is 3. The molecule has 0 radical (unpaired) electrons. The van der Waals surface area contributed by atoms with Crippen molar-refractivity contribution in [2.75, 3.05) is 36.7 Å². The molecular weight excluding hydrogens is 679 g/mol. The van der Waals surface area contributed by atoms with Gasteiger partial charge >= 0.3 is 12.0 Å². The van der Waals surface area contributed by atoms with Crippen LogP contribution in [0.3, 0.4) is 0 Å². The van der Waals surface area contributed by atoms with Gasteiger partial charge in [0.05, 0.1) is 45.0 Å². The number of benzene rings is 3. The summed E-state index contributed by atoms with van der Waals surface area (Å²) in [6.45, 7) is 5.21. The Hall–Kier alpha value is -5.49. The van der Waals surface area contributed by atoms with Crippen molar-refractivity contribution in [3.05, 3.63) is 72.0 Å². The van der Waals surface area contributed by atoms with E-state index in [1.165, 1.54) is 56.7 Å². The lowest BCUT2D eigenvalue weighted by molar-refractivity contribution is -0.155. The second-order valence-electron chi connectivity index (χ2n) is 12.7. The summed E-state index contributed by atoms with van der Waals surface area (Å²) >= 11 is 0. The van der Waals surface area contributed by atoms with E-state index >= 15 is 0 Å². The quantitative estimate of drug-likeness (QED) is 0.0916. The van der Waals surface area contributed by atoms with Crippen LogP contribution in [0.1, 0.15) is 51.6 Å². The number of para-hydroxylation sites is 1. The Morgan fingerprint density at radius 3 is 2.25 bits per heavy atom. The van der Waals surface area contributed by atoms with E-state index in [2.05, 4.69) is 15.6 Å². The number of hydrazine groups is 3. The normalized spacial score (nSPS) is 16.4. The first-order valence-corrected chi connectivity index (χ1v) is 16.2. The third-order valence-electron chi connectivity index (χ3n) is 8.73. The van der Waals surface area contributed by atoms with Crippen LogP contribution in [0.25, 0.3) is 0 Å². The SMILES string of the molecule is COc1ccc(C(CC(=O)ON)N2NC(C)CC(CC(=O)C(C)(C)Nc3ccc(N(N)C(=O)N(N)c4ccccc4F)c(OC)c3)C2=O)cc1OC. The Labute approximate surface area is 300 Å². The van der Waals surface area contributed by atoms with Crippen molar-refractivity contribution in [1.82, 2.24) is 10.4 Å². The number of nitrogens with one attached hydrogen (secondary N) is 2. The number of nitrogens with zero attached hydrogens (tertiary/aromatic N) is 3. The number of rotatable bonds is 14. The number of methoxy groups -OCH3 is 3. The maximum Gasteiger partial charge on any atom is 0.357 e. The van der Waals surface area contributed by atoms with Crippen molar-refractivity contribution in [3.8, 4) is 17.2 Å². The van der Waals surface area contributed by atoms with E-state index in [4.69, 9.17) is 31.8 Å². The zero-order valence-electron chi connectivity index (χ0n) is 29.8. The molecule has 3 atom stereocenters. The van der Waals surface area contributed by atoms with Gasteiger partial charge in [-0.15, -0.1) is 0 Å². The van der Waals surface area contributed by atoms with E-state index < -0.39 is 41.2 Å². The highest BCUT2D eigenvalue weighted by atomic mass is 19.1. The first-order valence-electron chi connectivity index (χ1n) is 16.2. The van der Waals surface area contributed by atoms with Crippen LogP contribution in [0, 0.1) is 11.7 Å². The minimum Gasteiger partial charge on any atom is -0.494 e. The Morgan fingerprint density at radius 1 is 0.962 bits per heavy atom. The summed E-state index contributed by atoms with van der Waals surface area (Å²) in [5.74, 6) is 15.3. The highest BCUT2D eigenvalue weighted by Gasteiger charge is 2.41. The Morgan fingerprint density at radius 2 is 1.62 bits per heavy atom. The molecule has 8 N–H and O–H groups in total. The maximum atomic E-state index is 14.3. The van der Waals surface area contributed by atoms with Gasteiger partial charge in [0, 0.05) is 30.1 Å². The first kappa shape index (κ1) is 39.3. The number of carbonyl (C=O) groups is 4. The van der Waals surface area contributed by atoms with Gasteiger partial charge in [-0.25, -0.2) is 36.3 Å². The van der Waals surface area contributed by atoms with E-state index in [1.54, 1.807) is 38.1 Å². The maximum absolute atomic E-state index is 14.3. The lowest BCUT2D eigenvalue weighted by atomic mass is 9.85. The van der Waals surface area contributed by atoms with Crippen molar-refractivity contribution < 1.29 is 42.6 Å². The summed E-state index contributed by atoms with van der Waals surface area (Å²) in [5, 5.41) is 5.81. The molecular formula is C35H45FN8O8. The number of anilines is 3. The topological polar surface area (TPSA) is 217 Å². The van der Waals surface area contributed by atoms with Gasteiger partial charge in [0.25, 0.3) is 0 Å². The molecule has 3 unspecified atom stereocenters. The molecule has 52 heavy (non-hydrogen) atoms. The molecule has 3 aromatic carbocycles. The molecule has 0 aliphatic carbocycles. The molecule has 280 valence electrons. The summed E-state index contributed by atoms with van der Waals surface area (Å²) in [4.78, 5) is 57.7. The van der Waals surface area contributed by atoms with Crippen LogP contribution in [0.4, 0.5) is 26.2 Å². The lowest BCUT2D eigenvalue weighted by Gasteiger charge is -2.41. The number of Topliss-reactive ketones (excluding diaryl/α,β-unsaturated/α-hetero) is 1. The van der Waals surface area contributed by atoms with Gasteiger partial charge in [0.1, 0.15) is 17.3 Å². The van der Waals surface area contributed by atoms with Gasteiger partial charge in [-0.1, -0.05) is 18.2 Å². The third kappa shape index (κ3) is 8.68. The molecule has 16 nitrogen and oxygen atoms in total. The summed E-state index contributed by atoms with van der Waals surface area (Å²) in [7, 11) is 4.33. The molecule has 1 heterocycles. The van der Waals surface area contributed by atoms with Gasteiger partial charge in [-0.2, -0.15) is 5.90 Å². The van der Waals surface area contributed by atoms with Gasteiger partial charge in [-0.05, 0) is 69.2 Å². The van der Waals surface area contributed by atoms with Gasteiger partial charge in [0.2, 0.25) is 5.91 Å². The van der Waals surface area contributed by atoms with Gasteiger partial charge in [-0.3, -0.25) is 19.4 Å². The van der Waals surface area contributed by atoms with E-state index in [1.807, 2.05) is 6.92 Å². The van der Waals surface area contributed by atoms with E-state index in [9.17, 15) is 23.6 Å². The number of halogens is 1. The fraction of sp³-hybridized carbons (Fsp3) is 0.371. The summed E-state index contributed by atoms with van der Waals surface area (Å²) in [6.07, 6.45) is -0.0453. The number of nitrogens with two attached hydrogens (primary N) is 3. The summed E-state index contributed by atoms with van der Waals surface area (Å²) in [6, 6.07) is 13.0. The second kappa shape index (κ2) is 16.7. The van der Waals surface area contributed by atoms with Crippen molar-refractivity contribution in [2.24, 2.45) is 23.5 Å². The molecule has 3 amide bonds. The lowest BCUT2D eigenvalue weighted by Crippen LogP contribution is -2.57. The fourth-order valence-corrected chi connectivity index (χ4v) is 5.95. The van der Waals surface area contributed by atoms with E-state index in [-0.39, 0.29) is 41.8 Å². The van der Waals surface area contributed by atoms with Crippen molar-refractivity contribution in [1.29, 1.82) is 0 Å². The molecule has 1 aliphatic heterocycles. The standard InChI is InChI=1S/C35H45FN8O8/c1-20-15-22(33(47)44(41-20)27(19-32(46)52-39)21-11-14-28(49-4)30(16-21)51-6)17-31(45)35(2,3)40-23-12-13-26(29(18-23)50-5)43(38)34(48)42(37)25-10-8-7-9-24(25)36/h7-14,16,18,20,22,27,40-41H,15,17,19,37-39H2,1-6H3. The number of carbonyl (C=O) groups excluding carboxylic acids is 4. The molecule has 1 fully saturated rings. The van der Waals surface area contributed by atoms with Crippen LogP contribution in [0.2, 0.25) is 0 Å². The van der Waals surface area contributed by atoms with Crippen molar-refractivity contribution >= 4 is 40.8 Å². The Balaban J connectivity index is 1.52. The molecule has 0 aromatic heterocycles. The Bertz CT molecular complexity index is 1790.